The van der Waals surface area contributed by atoms with Gasteiger partial charge in [-0.3, -0.25) is 19.4 Å². The Balaban J connectivity index is 1.56. The van der Waals surface area contributed by atoms with E-state index < -0.39 is 36.2 Å². The van der Waals surface area contributed by atoms with Crippen molar-refractivity contribution in [3.05, 3.63) is 59.7 Å². The highest BCUT2D eigenvalue weighted by atomic mass is 19.4. The zero-order chi connectivity index (χ0) is 29.2. The summed E-state index contributed by atoms with van der Waals surface area (Å²) in [4.78, 5) is 30.0. The molecule has 1 atom stereocenters. The number of anilines is 1. The van der Waals surface area contributed by atoms with Crippen molar-refractivity contribution < 1.29 is 37.3 Å². The number of aliphatic hydroxyl groups is 1. The number of ether oxygens (including phenoxy) is 2. The second kappa shape index (κ2) is 14.7. The van der Waals surface area contributed by atoms with Crippen LogP contribution < -0.4 is 15.0 Å². The Kier molecular flexibility index (Phi) is 11.0. The monoisotopic (exact) mass is 577 g/mol. The number of alkyl halides is 3. The van der Waals surface area contributed by atoms with Crippen molar-refractivity contribution in [1.82, 2.24) is 10.2 Å². The Morgan fingerprint density at radius 1 is 1.07 bits per heavy atom. The fourth-order valence-corrected chi connectivity index (χ4v) is 5.34. The average Bonchev–Trinajstić information content (AvgIpc) is 2.99. The van der Waals surface area contributed by atoms with E-state index in [2.05, 4.69) is 10.2 Å². The predicted octanol–water partition coefficient (Wildman–Crippen LogP) is 4.32. The van der Waals surface area contributed by atoms with Crippen molar-refractivity contribution in [2.45, 2.75) is 56.8 Å². The first-order valence-electron chi connectivity index (χ1n) is 14.2. The van der Waals surface area contributed by atoms with E-state index in [1.165, 1.54) is 12.1 Å². The summed E-state index contributed by atoms with van der Waals surface area (Å²) in [6.07, 6.45) is 0.733. The Hall–Kier alpha value is -3.15. The van der Waals surface area contributed by atoms with Crippen LogP contribution in [0.15, 0.2) is 48.5 Å². The third-order valence-corrected chi connectivity index (χ3v) is 7.50. The summed E-state index contributed by atoms with van der Waals surface area (Å²) in [7, 11) is 0. The maximum absolute atomic E-state index is 13.7. The summed E-state index contributed by atoms with van der Waals surface area (Å²) in [5.74, 6) is -0.840. The molecule has 2 aliphatic rings. The van der Waals surface area contributed by atoms with Crippen LogP contribution >= 0.6 is 0 Å². The highest BCUT2D eigenvalue weighted by Crippen LogP contribution is 2.35. The summed E-state index contributed by atoms with van der Waals surface area (Å²) < 4.78 is 51.8. The number of rotatable bonds is 11. The minimum Gasteiger partial charge on any atom is -0.494 e. The third kappa shape index (κ3) is 8.67. The van der Waals surface area contributed by atoms with Gasteiger partial charge >= 0.3 is 6.18 Å². The van der Waals surface area contributed by atoms with Gasteiger partial charge in [0.15, 0.2) is 0 Å². The van der Waals surface area contributed by atoms with Gasteiger partial charge in [-0.2, -0.15) is 13.2 Å². The lowest BCUT2D eigenvalue weighted by molar-refractivity contribution is -0.137. The topological polar surface area (TPSA) is 91.3 Å². The van der Waals surface area contributed by atoms with Gasteiger partial charge in [-0.1, -0.05) is 37.5 Å². The number of hydrogen-bond donors (Lipinski definition) is 2. The van der Waals surface area contributed by atoms with Crippen molar-refractivity contribution in [2.75, 3.05) is 51.0 Å². The molecule has 41 heavy (non-hydrogen) atoms. The van der Waals surface area contributed by atoms with Gasteiger partial charge in [0.05, 0.1) is 25.4 Å². The molecule has 1 unspecified atom stereocenters. The van der Waals surface area contributed by atoms with Gasteiger partial charge in [-0.15, -0.1) is 0 Å². The summed E-state index contributed by atoms with van der Waals surface area (Å²) in [6.45, 7) is 3.65. The number of carbonyl (C=O) groups is 2. The molecule has 1 saturated heterocycles. The molecule has 0 spiro atoms. The number of halogens is 3. The van der Waals surface area contributed by atoms with E-state index in [0.29, 0.717) is 17.9 Å². The summed E-state index contributed by atoms with van der Waals surface area (Å²) in [6, 6.07) is 9.46. The van der Waals surface area contributed by atoms with E-state index in [4.69, 9.17) is 9.47 Å². The standard InChI is InChI=1S/C30H38F3N3O5/c31-30(32,33)23-6-4-9-25(20-23)36(27(38)21-37)28(29(39)34-24-7-2-1-3-8-24)22-10-12-26(13-11-22)41-17-5-14-35-15-18-40-19-16-35/h4,6,9-13,20,24,28,37H,1-3,5,7-8,14-19,21H2,(H,34,39). The molecular weight excluding hydrogens is 539 g/mol. The molecule has 1 saturated carbocycles. The van der Waals surface area contributed by atoms with Gasteiger partial charge < -0.3 is 19.9 Å². The molecule has 8 nitrogen and oxygen atoms in total. The van der Waals surface area contributed by atoms with Gasteiger partial charge in [0.1, 0.15) is 18.4 Å². The number of carbonyl (C=O) groups excluding carboxylic acids is 2. The molecule has 224 valence electrons. The SMILES string of the molecule is O=C(NC1CCCCC1)C(c1ccc(OCCCN2CCOCC2)cc1)N(C(=O)CO)c1cccc(C(F)(F)F)c1. The molecule has 2 N–H and O–H groups in total. The van der Waals surface area contributed by atoms with Crippen molar-refractivity contribution in [2.24, 2.45) is 0 Å². The number of benzene rings is 2. The molecule has 1 aliphatic carbocycles. The van der Waals surface area contributed by atoms with Crippen LogP contribution in [0.3, 0.4) is 0 Å². The smallest absolute Gasteiger partial charge is 0.416 e. The van der Waals surface area contributed by atoms with Gasteiger partial charge in [-0.05, 0) is 55.2 Å². The normalized spacial score (nSPS) is 17.6. The number of nitrogens with one attached hydrogen (secondary N) is 1. The largest absolute Gasteiger partial charge is 0.494 e. The van der Waals surface area contributed by atoms with Crippen LogP contribution in [0, 0.1) is 0 Å². The quantitative estimate of drug-likeness (QED) is 0.387. The predicted molar refractivity (Wildman–Crippen MR) is 148 cm³/mol. The fraction of sp³-hybridized carbons (Fsp3) is 0.533. The summed E-state index contributed by atoms with van der Waals surface area (Å²) in [5.41, 5.74) is -0.706. The van der Waals surface area contributed by atoms with E-state index in [-0.39, 0.29) is 11.7 Å². The Labute approximate surface area is 238 Å². The molecular formula is C30H38F3N3O5. The zero-order valence-electron chi connectivity index (χ0n) is 23.1. The number of hydrogen-bond acceptors (Lipinski definition) is 6. The number of amides is 2. The number of nitrogens with zero attached hydrogens (tertiary/aromatic N) is 2. The second-order valence-electron chi connectivity index (χ2n) is 10.4. The molecule has 2 aromatic rings. The first-order valence-corrected chi connectivity index (χ1v) is 14.2. The highest BCUT2D eigenvalue weighted by Gasteiger charge is 2.36. The maximum atomic E-state index is 13.7. The van der Waals surface area contributed by atoms with Crippen LogP contribution in [0.2, 0.25) is 0 Å². The lowest BCUT2D eigenvalue weighted by Gasteiger charge is -2.33. The molecule has 0 aromatic heterocycles. The molecule has 1 aliphatic heterocycles. The third-order valence-electron chi connectivity index (χ3n) is 7.50. The lowest BCUT2D eigenvalue weighted by atomic mass is 9.94. The van der Waals surface area contributed by atoms with Gasteiger partial charge in [0, 0.05) is 31.4 Å². The molecule has 0 radical (unpaired) electrons. The Morgan fingerprint density at radius 2 is 1.78 bits per heavy atom. The molecule has 0 bridgehead atoms. The van der Waals surface area contributed by atoms with E-state index >= 15 is 0 Å². The van der Waals surface area contributed by atoms with Crippen LogP contribution in [0.4, 0.5) is 18.9 Å². The first kappa shape index (κ1) is 30.8. The first-order chi connectivity index (χ1) is 19.8. The molecule has 4 rings (SSSR count). The van der Waals surface area contributed by atoms with Crippen molar-refractivity contribution in [1.29, 1.82) is 0 Å². The summed E-state index contributed by atoms with van der Waals surface area (Å²) >= 11 is 0. The van der Waals surface area contributed by atoms with Crippen molar-refractivity contribution >= 4 is 17.5 Å². The zero-order valence-corrected chi connectivity index (χ0v) is 23.1. The summed E-state index contributed by atoms with van der Waals surface area (Å²) in [5, 5.41) is 12.8. The van der Waals surface area contributed by atoms with Gasteiger partial charge in [-0.25, -0.2) is 0 Å². The Bertz CT molecular complexity index is 1130. The van der Waals surface area contributed by atoms with Crippen molar-refractivity contribution in [3.8, 4) is 5.75 Å². The second-order valence-corrected chi connectivity index (χ2v) is 10.4. The molecule has 2 fully saturated rings. The van der Waals surface area contributed by atoms with Crippen LogP contribution in [-0.2, 0) is 20.5 Å². The maximum Gasteiger partial charge on any atom is 0.416 e. The molecule has 2 aromatic carbocycles. The van der Waals surface area contributed by atoms with E-state index in [0.717, 1.165) is 88.4 Å². The molecule has 11 heteroatoms. The molecule has 1 heterocycles. The number of aliphatic hydroxyl groups excluding tert-OH is 1. The number of morpholine rings is 1. The van der Waals surface area contributed by atoms with Crippen molar-refractivity contribution in [3.63, 3.8) is 0 Å². The minimum atomic E-state index is -4.65. The van der Waals surface area contributed by atoms with Gasteiger partial charge in [0.2, 0.25) is 5.91 Å². The fourth-order valence-electron chi connectivity index (χ4n) is 5.34. The Morgan fingerprint density at radius 3 is 2.44 bits per heavy atom. The molecule has 2 amide bonds. The lowest BCUT2D eigenvalue weighted by Crippen LogP contribution is -2.48. The van der Waals surface area contributed by atoms with Crippen LogP contribution in [0.25, 0.3) is 0 Å². The van der Waals surface area contributed by atoms with Crippen LogP contribution in [0.1, 0.15) is 55.7 Å². The van der Waals surface area contributed by atoms with Crippen LogP contribution in [0.5, 0.6) is 5.75 Å². The van der Waals surface area contributed by atoms with E-state index in [1.807, 2.05) is 0 Å². The van der Waals surface area contributed by atoms with E-state index in [1.54, 1.807) is 24.3 Å². The highest BCUT2D eigenvalue weighted by molar-refractivity contribution is 6.02. The van der Waals surface area contributed by atoms with Gasteiger partial charge in [0.25, 0.3) is 5.91 Å². The average molecular weight is 578 g/mol. The van der Waals surface area contributed by atoms with E-state index in [9.17, 15) is 27.9 Å². The minimum absolute atomic E-state index is 0.0968. The van der Waals surface area contributed by atoms with Crippen LogP contribution in [-0.4, -0.2) is 73.9 Å².